The fourth-order valence-electron chi connectivity index (χ4n) is 1.31. The Bertz CT molecular complexity index is 263. The minimum absolute atomic E-state index is 0.878. The number of rotatable bonds is 6. The molecule has 0 unspecified atom stereocenters. The molecular formula is C11H18N2S. The largest absolute Gasteiger partial charge is 0.398 e. The molecule has 0 aliphatic heterocycles. The van der Waals surface area contributed by atoms with Crippen LogP contribution in [0.1, 0.15) is 25.3 Å². The standard InChI is InChI=1S/C11H18N2S/c1-2-14-8-4-3-5-10-9-13-7-6-11(10)12/h6-7,9H,2-5,8H2,1H3,(H2,12,13). The molecule has 0 aromatic carbocycles. The molecule has 3 heteroatoms. The Morgan fingerprint density at radius 2 is 2.29 bits per heavy atom. The van der Waals surface area contributed by atoms with Crippen molar-refractivity contribution < 1.29 is 0 Å². The molecule has 0 spiro atoms. The van der Waals surface area contributed by atoms with Crippen LogP contribution >= 0.6 is 11.8 Å². The van der Waals surface area contributed by atoms with Gasteiger partial charge in [0.1, 0.15) is 0 Å². The van der Waals surface area contributed by atoms with E-state index in [1.807, 2.05) is 24.0 Å². The quantitative estimate of drug-likeness (QED) is 0.734. The summed E-state index contributed by atoms with van der Waals surface area (Å²) in [7, 11) is 0. The minimum Gasteiger partial charge on any atom is -0.398 e. The lowest BCUT2D eigenvalue weighted by Crippen LogP contribution is -1.95. The van der Waals surface area contributed by atoms with Crippen LogP contribution in [0.15, 0.2) is 18.5 Å². The van der Waals surface area contributed by atoms with E-state index in [0.29, 0.717) is 0 Å². The number of hydrogen-bond acceptors (Lipinski definition) is 3. The number of aryl methyl sites for hydroxylation is 1. The molecule has 0 bridgehead atoms. The maximum Gasteiger partial charge on any atom is 0.0377 e. The first-order valence-electron chi connectivity index (χ1n) is 5.10. The van der Waals surface area contributed by atoms with Crippen molar-refractivity contribution in [1.82, 2.24) is 4.98 Å². The monoisotopic (exact) mass is 210 g/mol. The number of unbranched alkanes of at least 4 members (excludes halogenated alkanes) is 1. The van der Waals surface area contributed by atoms with Crippen molar-refractivity contribution in [3.8, 4) is 0 Å². The predicted molar refractivity (Wildman–Crippen MR) is 64.6 cm³/mol. The number of hydrogen-bond donors (Lipinski definition) is 1. The first kappa shape index (κ1) is 11.4. The van der Waals surface area contributed by atoms with Gasteiger partial charge in [-0.25, -0.2) is 0 Å². The van der Waals surface area contributed by atoms with Crippen LogP contribution in [0, 0.1) is 0 Å². The molecule has 0 aliphatic rings. The molecule has 1 aromatic rings. The normalized spacial score (nSPS) is 10.4. The Kier molecular flexibility index (Phi) is 5.45. The lowest BCUT2D eigenvalue weighted by Gasteiger charge is -2.03. The van der Waals surface area contributed by atoms with Crippen molar-refractivity contribution in [1.29, 1.82) is 0 Å². The maximum atomic E-state index is 5.82. The minimum atomic E-state index is 0.878. The van der Waals surface area contributed by atoms with Crippen molar-refractivity contribution >= 4 is 17.4 Å². The SMILES string of the molecule is CCSCCCCc1cnccc1N. The van der Waals surface area contributed by atoms with E-state index in [0.717, 1.165) is 12.1 Å². The van der Waals surface area contributed by atoms with Crippen LogP contribution in [0.4, 0.5) is 5.69 Å². The van der Waals surface area contributed by atoms with E-state index >= 15 is 0 Å². The zero-order valence-corrected chi connectivity index (χ0v) is 9.52. The topological polar surface area (TPSA) is 38.9 Å². The second-order valence-corrected chi connectivity index (χ2v) is 4.62. The van der Waals surface area contributed by atoms with Crippen molar-refractivity contribution in [3.05, 3.63) is 24.0 Å². The third-order valence-electron chi connectivity index (χ3n) is 2.13. The molecule has 0 fully saturated rings. The van der Waals surface area contributed by atoms with Gasteiger partial charge >= 0.3 is 0 Å². The van der Waals surface area contributed by atoms with Crippen LogP contribution in [-0.4, -0.2) is 16.5 Å². The maximum absolute atomic E-state index is 5.82. The van der Waals surface area contributed by atoms with Gasteiger partial charge in [-0.2, -0.15) is 11.8 Å². The Balaban J connectivity index is 2.21. The molecule has 2 N–H and O–H groups in total. The van der Waals surface area contributed by atoms with Gasteiger partial charge in [0.15, 0.2) is 0 Å². The van der Waals surface area contributed by atoms with Crippen LogP contribution < -0.4 is 5.73 Å². The van der Waals surface area contributed by atoms with Gasteiger partial charge < -0.3 is 5.73 Å². The molecule has 0 saturated carbocycles. The average Bonchev–Trinajstić information content (AvgIpc) is 2.20. The second kappa shape index (κ2) is 6.71. The van der Waals surface area contributed by atoms with Crippen molar-refractivity contribution in [2.75, 3.05) is 17.2 Å². The number of aromatic nitrogens is 1. The summed E-state index contributed by atoms with van der Waals surface area (Å²) < 4.78 is 0. The average molecular weight is 210 g/mol. The summed E-state index contributed by atoms with van der Waals surface area (Å²) in [5.74, 6) is 2.48. The molecule has 0 amide bonds. The van der Waals surface area contributed by atoms with Crippen LogP contribution in [0.25, 0.3) is 0 Å². The van der Waals surface area contributed by atoms with Crippen molar-refractivity contribution in [3.63, 3.8) is 0 Å². The third kappa shape index (κ3) is 4.01. The number of thioether (sulfide) groups is 1. The summed E-state index contributed by atoms with van der Waals surface area (Å²) in [6, 6.07) is 1.87. The smallest absolute Gasteiger partial charge is 0.0377 e. The molecule has 14 heavy (non-hydrogen) atoms. The molecule has 1 aromatic heterocycles. The van der Waals surface area contributed by atoms with Crippen LogP contribution in [0.2, 0.25) is 0 Å². The molecule has 1 rings (SSSR count). The summed E-state index contributed by atoms with van der Waals surface area (Å²) in [6.45, 7) is 2.20. The van der Waals surface area contributed by atoms with E-state index in [1.165, 1.54) is 29.9 Å². The zero-order chi connectivity index (χ0) is 10.2. The lowest BCUT2D eigenvalue weighted by atomic mass is 10.1. The number of anilines is 1. The van der Waals surface area contributed by atoms with Gasteiger partial charge in [-0.3, -0.25) is 4.98 Å². The van der Waals surface area contributed by atoms with E-state index < -0.39 is 0 Å². The molecule has 0 aliphatic carbocycles. The van der Waals surface area contributed by atoms with Gasteiger partial charge in [-0.1, -0.05) is 6.92 Å². The highest BCUT2D eigenvalue weighted by molar-refractivity contribution is 7.99. The van der Waals surface area contributed by atoms with E-state index in [2.05, 4.69) is 11.9 Å². The lowest BCUT2D eigenvalue weighted by molar-refractivity contribution is 0.801. The number of pyridine rings is 1. The Morgan fingerprint density at radius 1 is 1.43 bits per heavy atom. The highest BCUT2D eigenvalue weighted by atomic mass is 32.2. The molecule has 0 atom stereocenters. The third-order valence-corrected chi connectivity index (χ3v) is 3.12. The highest BCUT2D eigenvalue weighted by Crippen LogP contribution is 2.13. The predicted octanol–water partition coefficient (Wildman–Crippen LogP) is 2.74. The highest BCUT2D eigenvalue weighted by Gasteiger charge is 1.97. The van der Waals surface area contributed by atoms with Gasteiger partial charge in [-0.15, -0.1) is 0 Å². The number of nitrogen functional groups attached to an aromatic ring is 1. The second-order valence-electron chi connectivity index (χ2n) is 3.23. The summed E-state index contributed by atoms with van der Waals surface area (Å²) in [5.41, 5.74) is 7.88. The van der Waals surface area contributed by atoms with Crippen molar-refractivity contribution in [2.24, 2.45) is 0 Å². The first-order valence-corrected chi connectivity index (χ1v) is 6.26. The van der Waals surface area contributed by atoms with Gasteiger partial charge in [0.25, 0.3) is 0 Å². The van der Waals surface area contributed by atoms with Gasteiger partial charge in [0.05, 0.1) is 0 Å². The van der Waals surface area contributed by atoms with Gasteiger partial charge in [0.2, 0.25) is 0 Å². The van der Waals surface area contributed by atoms with Crippen molar-refractivity contribution in [2.45, 2.75) is 26.2 Å². The molecule has 1 heterocycles. The molecule has 0 saturated heterocycles. The van der Waals surface area contributed by atoms with Crippen LogP contribution in [0.3, 0.4) is 0 Å². The van der Waals surface area contributed by atoms with Gasteiger partial charge in [-0.05, 0) is 42.4 Å². The first-order chi connectivity index (χ1) is 6.84. The Hall–Kier alpha value is -0.700. The summed E-state index contributed by atoms with van der Waals surface area (Å²) in [5, 5.41) is 0. The molecule has 2 nitrogen and oxygen atoms in total. The molecule has 78 valence electrons. The van der Waals surface area contributed by atoms with E-state index in [-0.39, 0.29) is 0 Å². The Morgan fingerprint density at radius 3 is 3.00 bits per heavy atom. The number of nitrogens with two attached hydrogens (primary N) is 1. The molecule has 0 radical (unpaired) electrons. The zero-order valence-electron chi connectivity index (χ0n) is 8.70. The van der Waals surface area contributed by atoms with E-state index in [9.17, 15) is 0 Å². The van der Waals surface area contributed by atoms with Gasteiger partial charge in [0, 0.05) is 18.1 Å². The van der Waals surface area contributed by atoms with E-state index in [1.54, 1.807) is 6.20 Å². The number of nitrogens with zero attached hydrogens (tertiary/aromatic N) is 1. The Labute approximate surface area is 90.3 Å². The summed E-state index contributed by atoms with van der Waals surface area (Å²) in [4.78, 5) is 4.08. The fraction of sp³-hybridized carbons (Fsp3) is 0.545. The summed E-state index contributed by atoms with van der Waals surface area (Å²) >= 11 is 2.00. The van der Waals surface area contributed by atoms with E-state index in [4.69, 9.17) is 5.73 Å². The van der Waals surface area contributed by atoms with Crippen LogP contribution in [-0.2, 0) is 6.42 Å². The molecular weight excluding hydrogens is 192 g/mol. The summed E-state index contributed by atoms with van der Waals surface area (Å²) in [6.07, 6.45) is 7.16. The fourth-order valence-corrected chi connectivity index (χ4v) is 2.01. The van der Waals surface area contributed by atoms with Crippen LogP contribution in [0.5, 0.6) is 0 Å².